The summed E-state index contributed by atoms with van der Waals surface area (Å²) in [5, 5.41) is 21.6. The van der Waals surface area contributed by atoms with E-state index >= 15 is 0 Å². The van der Waals surface area contributed by atoms with Gasteiger partial charge in [-0.05, 0) is 0 Å². The minimum atomic E-state index is -1.20. The van der Waals surface area contributed by atoms with Crippen LogP contribution in [0.25, 0.3) is 5.78 Å². The number of aliphatic hydroxyl groups excluding tert-OH is 1. The second kappa shape index (κ2) is 3.74. The molecule has 0 aromatic carbocycles. The first-order valence-electron chi connectivity index (χ1n) is 4.47. The number of hydrogen-bond donors (Lipinski definition) is 3. The van der Waals surface area contributed by atoms with E-state index in [2.05, 4.69) is 15.1 Å². The van der Waals surface area contributed by atoms with Crippen LogP contribution in [0.5, 0.6) is 0 Å². The monoisotopic (exact) mass is 223 g/mol. The number of nitrogens with zero attached hydrogens (tertiary/aromatic N) is 4. The van der Waals surface area contributed by atoms with Crippen LogP contribution in [0, 0.1) is 0 Å². The van der Waals surface area contributed by atoms with Crippen LogP contribution in [-0.2, 0) is 6.42 Å². The lowest BCUT2D eigenvalue weighted by Crippen LogP contribution is -2.15. The molecule has 0 amide bonds. The van der Waals surface area contributed by atoms with E-state index < -0.39 is 5.97 Å². The molecule has 84 valence electrons. The fraction of sp³-hybridized carbons (Fsp3) is 0.250. The van der Waals surface area contributed by atoms with Gasteiger partial charge in [0.15, 0.2) is 0 Å². The van der Waals surface area contributed by atoms with Crippen molar-refractivity contribution in [1.82, 2.24) is 19.6 Å². The van der Waals surface area contributed by atoms with E-state index in [0.29, 0.717) is 0 Å². The molecule has 8 heteroatoms. The predicted octanol–water partition coefficient (Wildman–Crippen LogP) is -1.06. The van der Waals surface area contributed by atoms with Gasteiger partial charge in [0.2, 0.25) is 0 Å². The molecule has 2 heterocycles. The number of carboxylic acid groups (broad SMARTS) is 1. The van der Waals surface area contributed by atoms with Gasteiger partial charge in [-0.3, -0.25) is 0 Å². The van der Waals surface area contributed by atoms with Gasteiger partial charge in [0, 0.05) is 13.0 Å². The highest BCUT2D eigenvalue weighted by Crippen LogP contribution is 2.16. The zero-order valence-corrected chi connectivity index (χ0v) is 8.16. The first-order chi connectivity index (χ1) is 7.65. The maximum Gasteiger partial charge on any atom is 0.341 e. The number of carboxylic acids is 1. The van der Waals surface area contributed by atoms with Gasteiger partial charge in [-0.2, -0.15) is 14.6 Å². The van der Waals surface area contributed by atoms with Crippen LogP contribution in [0.2, 0.25) is 0 Å². The third-order valence-electron chi connectivity index (χ3n) is 2.10. The molecule has 16 heavy (non-hydrogen) atoms. The van der Waals surface area contributed by atoms with Crippen LogP contribution in [0.15, 0.2) is 6.33 Å². The number of fused-ring (bicyclic) bond motifs is 1. The molecule has 0 aliphatic heterocycles. The standard InChI is InChI=1S/C8H9N5O3/c9-6-5(7(15)16)4(1-2-14)12-8-10-3-11-13(6)8/h3,14H,1-2,9H2,(H,15,16). The molecule has 0 atom stereocenters. The third-order valence-corrected chi connectivity index (χ3v) is 2.10. The van der Waals surface area contributed by atoms with Crippen molar-refractivity contribution < 1.29 is 15.0 Å². The van der Waals surface area contributed by atoms with Gasteiger partial charge in [-0.15, -0.1) is 0 Å². The molecule has 2 aromatic heterocycles. The molecule has 0 radical (unpaired) electrons. The van der Waals surface area contributed by atoms with Gasteiger partial charge >= 0.3 is 5.97 Å². The van der Waals surface area contributed by atoms with Crippen LogP contribution in [0.4, 0.5) is 5.82 Å². The maximum absolute atomic E-state index is 11.0. The molecule has 2 rings (SSSR count). The summed E-state index contributed by atoms with van der Waals surface area (Å²) in [5.74, 6) is -1.03. The molecule has 0 unspecified atom stereocenters. The summed E-state index contributed by atoms with van der Waals surface area (Å²) >= 11 is 0. The van der Waals surface area contributed by atoms with Crippen molar-refractivity contribution in [1.29, 1.82) is 0 Å². The van der Waals surface area contributed by atoms with Gasteiger partial charge < -0.3 is 15.9 Å². The summed E-state index contributed by atoms with van der Waals surface area (Å²) in [6.07, 6.45) is 1.34. The number of aromatic nitrogens is 4. The molecule has 0 saturated carbocycles. The lowest BCUT2D eigenvalue weighted by Gasteiger charge is -2.07. The highest BCUT2D eigenvalue weighted by Gasteiger charge is 2.19. The number of hydrogen-bond acceptors (Lipinski definition) is 6. The Kier molecular flexibility index (Phi) is 2.41. The number of aromatic carboxylic acids is 1. The second-order valence-electron chi connectivity index (χ2n) is 3.07. The summed E-state index contributed by atoms with van der Waals surface area (Å²) in [4.78, 5) is 18.8. The second-order valence-corrected chi connectivity index (χ2v) is 3.07. The van der Waals surface area contributed by atoms with Gasteiger partial charge in [0.05, 0.1) is 5.69 Å². The Morgan fingerprint density at radius 1 is 1.56 bits per heavy atom. The van der Waals surface area contributed by atoms with E-state index in [-0.39, 0.29) is 35.9 Å². The Labute approximate surface area is 89.4 Å². The van der Waals surface area contributed by atoms with Crippen LogP contribution in [0.3, 0.4) is 0 Å². The molecule has 0 fully saturated rings. The summed E-state index contributed by atoms with van der Waals surface area (Å²) in [6.45, 7) is -0.211. The average Bonchev–Trinajstić information content (AvgIpc) is 2.65. The normalized spacial score (nSPS) is 10.8. The van der Waals surface area contributed by atoms with E-state index in [1.807, 2.05) is 0 Å². The summed E-state index contributed by atoms with van der Waals surface area (Å²) in [6, 6.07) is 0. The van der Waals surface area contributed by atoms with Crippen molar-refractivity contribution in [2.45, 2.75) is 6.42 Å². The van der Waals surface area contributed by atoms with Gasteiger partial charge in [-0.1, -0.05) is 0 Å². The zero-order valence-electron chi connectivity index (χ0n) is 8.16. The molecule has 8 nitrogen and oxygen atoms in total. The molecule has 0 aliphatic rings. The minimum Gasteiger partial charge on any atom is -0.477 e. The number of carbonyl (C=O) groups is 1. The fourth-order valence-electron chi connectivity index (χ4n) is 1.43. The van der Waals surface area contributed by atoms with E-state index in [1.54, 1.807) is 0 Å². The van der Waals surface area contributed by atoms with Crippen LogP contribution in [0.1, 0.15) is 16.1 Å². The summed E-state index contributed by atoms with van der Waals surface area (Å²) < 4.78 is 1.14. The summed E-state index contributed by atoms with van der Waals surface area (Å²) in [7, 11) is 0. The van der Waals surface area contributed by atoms with Crippen molar-refractivity contribution in [3.05, 3.63) is 17.6 Å². The number of nitrogen functional groups attached to an aromatic ring is 1. The number of aliphatic hydroxyl groups is 1. The van der Waals surface area contributed by atoms with Crippen molar-refractivity contribution >= 4 is 17.6 Å². The number of rotatable bonds is 3. The van der Waals surface area contributed by atoms with Gasteiger partial charge in [0.25, 0.3) is 5.78 Å². The smallest absolute Gasteiger partial charge is 0.341 e. The first kappa shape index (κ1) is 10.3. The highest BCUT2D eigenvalue weighted by molar-refractivity contribution is 5.94. The third kappa shape index (κ3) is 1.44. The fourth-order valence-corrected chi connectivity index (χ4v) is 1.43. The minimum absolute atomic E-state index is 0.0431. The lowest BCUT2D eigenvalue weighted by molar-refractivity contribution is 0.0695. The molecular weight excluding hydrogens is 214 g/mol. The Morgan fingerprint density at radius 2 is 2.31 bits per heavy atom. The van der Waals surface area contributed by atoms with E-state index in [9.17, 15) is 4.79 Å². The van der Waals surface area contributed by atoms with Crippen LogP contribution in [-0.4, -0.2) is 42.4 Å². The van der Waals surface area contributed by atoms with Gasteiger partial charge in [-0.25, -0.2) is 9.78 Å². The molecule has 0 bridgehead atoms. The topological polar surface area (TPSA) is 127 Å². The van der Waals surface area contributed by atoms with Crippen molar-refractivity contribution in [3.8, 4) is 0 Å². The molecule has 2 aromatic rings. The van der Waals surface area contributed by atoms with Crippen molar-refractivity contribution in [3.63, 3.8) is 0 Å². The predicted molar refractivity (Wildman–Crippen MR) is 52.9 cm³/mol. The molecule has 0 saturated heterocycles. The van der Waals surface area contributed by atoms with E-state index in [4.69, 9.17) is 15.9 Å². The Hall–Kier alpha value is -2.22. The quantitative estimate of drug-likeness (QED) is 0.605. The SMILES string of the molecule is Nc1c(C(=O)O)c(CCO)nc2ncnn12. The van der Waals surface area contributed by atoms with E-state index in [1.165, 1.54) is 6.33 Å². The van der Waals surface area contributed by atoms with Crippen molar-refractivity contribution in [2.75, 3.05) is 12.3 Å². The van der Waals surface area contributed by atoms with Gasteiger partial charge in [0.1, 0.15) is 17.7 Å². The zero-order chi connectivity index (χ0) is 11.7. The average molecular weight is 223 g/mol. The number of anilines is 1. The maximum atomic E-state index is 11.0. The summed E-state index contributed by atoms with van der Waals surface area (Å²) in [5.41, 5.74) is 5.71. The van der Waals surface area contributed by atoms with Crippen LogP contribution >= 0.6 is 0 Å². The Morgan fingerprint density at radius 3 is 2.94 bits per heavy atom. The molecule has 4 N–H and O–H groups in total. The highest BCUT2D eigenvalue weighted by atomic mass is 16.4. The molecular formula is C8H9N5O3. The largest absolute Gasteiger partial charge is 0.477 e. The Bertz CT molecular complexity index is 550. The molecule has 0 aliphatic carbocycles. The number of nitrogens with two attached hydrogens (primary N) is 1. The lowest BCUT2D eigenvalue weighted by atomic mass is 10.1. The van der Waals surface area contributed by atoms with Crippen LogP contribution < -0.4 is 5.73 Å². The Balaban J connectivity index is 2.75. The van der Waals surface area contributed by atoms with E-state index in [0.717, 1.165) is 4.52 Å². The molecule has 0 spiro atoms. The first-order valence-corrected chi connectivity index (χ1v) is 4.47. The van der Waals surface area contributed by atoms with Crippen molar-refractivity contribution in [2.24, 2.45) is 0 Å².